The van der Waals surface area contributed by atoms with E-state index in [2.05, 4.69) is 36.5 Å². The topological polar surface area (TPSA) is 49.3 Å². The van der Waals surface area contributed by atoms with Crippen molar-refractivity contribution in [3.05, 3.63) is 71.8 Å². The second-order valence-corrected chi connectivity index (χ2v) is 7.36. The Balaban J connectivity index is 1.67. The lowest BCUT2D eigenvalue weighted by Gasteiger charge is -2.35. The summed E-state index contributed by atoms with van der Waals surface area (Å²) in [6.07, 6.45) is 3.75. The van der Waals surface area contributed by atoms with Gasteiger partial charge in [0.1, 0.15) is 6.04 Å². The average molecular weight is 337 g/mol. The van der Waals surface area contributed by atoms with Crippen LogP contribution < -0.4 is 5.32 Å². The molecule has 0 bridgehead atoms. The molecule has 3 heteroatoms. The molecule has 0 heterocycles. The van der Waals surface area contributed by atoms with Crippen LogP contribution in [0.5, 0.6) is 0 Å². The van der Waals surface area contributed by atoms with E-state index in [-0.39, 0.29) is 6.04 Å². The zero-order valence-electron chi connectivity index (χ0n) is 14.8. The van der Waals surface area contributed by atoms with Crippen molar-refractivity contribution >= 4 is 5.97 Å². The summed E-state index contributed by atoms with van der Waals surface area (Å²) in [5.74, 6) is 0.342. The quantitative estimate of drug-likeness (QED) is 0.829. The van der Waals surface area contributed by atoms with Gasteiger partial charge in [-0.1, -0.05) is 67.6 Å². The lowest BCUT2D eigenvalue weighted by atomic mass is 9.76. The summed E-state index contributed by atoms with van der Waals surface area (Å²) in [5.41, 5.74) is 2.43. The summed E-state index contributed by atoms with van der Waals surface area (Å²) in [5, 5.41) is 13.1. The van der Waals surface area contributed by atoms with Crippen molar-refractivity contribution < 1.29 is 9.90 Å². The van der Waals surface area contributed by atoms with Gasteiger partial charge in [-0.05, 0) is 48.6 Å². The van der Waals surface area contributed by atoms with Crippen molar-refractivity contribution in [3.8, 4) is 0 Å². The van der Waals surface area contributed by atoms with Crippen LogP contribution in [0, 0.1) is 5.92 Å². The van der Waals surface area contributed by atoms with Crippen molar-refractivity contribution in [2.75, 3.05) is 0 Å². The molecule has 2 N–H and O–H groups in total. The first-order valence-corrected chi connectivity index (χ1v) is 9.19. The van der Waals surface area contributed by atoms with E-state index in [4.69, 9.17) is 0 Å². The van der Waals surface area contributed by atoms with E-state index in [1.165, 1.54) is 12.0 Å². The van der Waals surface area contributed by atoms with Gasteiger partial charge in [-0.25, -0.2) is 0 Å². The molecule has 1 aliphatic carbocycles. The molecule has 3 unspecified atom stereocenters. The highest BCUT2D eigenvalue weighted by Crippen LogP contribution is 2.36. The summed E-state index contributed by atoms with van der Waals surface area (Å²) in [4.78, 5) is 11.7. The molecule has 1 aliphatic rings. The Hall–Kier alpha value is -2.13. The van der Waals surface area contributed by atoms with E-state index in [1.807, 2.05) is 36.4 Å². The maximum absolute atomic E-state index is 11.7. The van der Waals surface area contributed by atoms with Crippen LogP contribution in [0.1, 0.15) is 43.2 Å². The van der Waals surface area contributed by atoms with Crippen LogP contribution in [0.4, 0.5) is 0 Å². The van der Waals surface area contributed by atoms with E-state index in [9.17, 15) is 9.90 Å². The van der Waals surface area contributed by atoms with Crippen molar-refractivity contribution in [2.45, 2.75) is 50.6 Å². The molecule has 0 spiro atoms. The molecule has 0 radical (unpaired) electrons. The normalized spacial score (nSPS) is 24.6. The summed E-state index contributed by atoms with van der Waals surface area (Å²) >= 11 is 0. The molecule has 0 amide bonds. The molecule has 4 atom stereocenters. The monoisotopic (exact) mass is 337 g/mol. The van der Waals surface area contributed by atoms with Gasteiger partial charge in [0.25, 0.3) is 0 Å². The van der Waals surface area contributed by atoms with Crippen LogP contribution in [0.3, 0.4) is 0 Å². The second kappa shape index (κ2) is 8.30. The van der Waals surface area contributed by atoms with Crippen molar-refractivity contribution in [1.82, 2.24) is 5.32 Å². The average Bonchev–Trinajstić information content (AvgIpc) is 2.62. The minimum absolute atomic E-state index is 0.249. The fraction of sp³-hybridized carbons (Fsp3) is 0.409. The molecular weight excluding hydrogens is 310 g/mol. The second-order valence-electron chi connectivity index (χ2n) is 7.36. The van der Waals surface area contributed by atoms with Crippen LogP contribution in [0.15, 0.2) is 60.7 Å². The van der Waals surface area contributed by atoms with Crippen LogP contribution in [0.25, 0.3) is 0 Å². The molecule has 132 valence electrons. The summed E-state index contributed by atoms with van der Waals surface area (Å²) in [6.45, 7) is 2.27. The first-order chi connectivity index (χ1) is 12.1. The minimum atomic E-state index is -0.765. The van der Waals surface area contributed by atoms with Crippen molar-refractivity contribution in [1.29, 1.82) is 0 Å². The standard InChI is InChI=1S/C22H27NO2/c1-16-12-19(18-10-6-3-7-11-18)15-20(13-16)23-21(22(24)25)14-17-8-4-2-5-9-17/h2-11,16,19-21,23H,12-15H2,1H3,(H,24,25)/t16?,19?,20?,21-/m1/s1. The Kier molecular flexibility index (Phi) is 5.87. The molecule has 2 aromatic rings. The number of hydrogen-bond donors (Lipinski definition) is 2. The molecule has 25 heavy (non-hydrogen) atoms. The molecule has 0 aromatic heterocycles. The van der Waals surface area contributed by atoms with Gasteiger partial charge in [0.05, 0.1) is 0 Å². The van der Waals surface area contributed by atoms with Gasteiger partial charge >= 0.3 is 5.97 Å². The highest BCUT2D eigenvalue weighted by molar-refractivity contribution is 5.74. The third kappa shape index (κ3) is 4.93. The van der Waals surface area contributed by atoms with E-state index in [0.29, 0.717) is 18.3 Å². The Labute approximate surface area is 150 Å². The van der Waals surface area contributed by atoms with Crippen LogP contribution in [-0.2, 0) is 11.2 Å². The SMILES string of the molecule is CC1CC(N[C@H](Cc2ccccc2)C(=O)O)CC(c2ccccc2)C1. The number of nitrogens with one attached hydrogen (secondary N) is 1. The fourth-order valence-electron chi connectivity index (χ4n) is 4.09. The highest BCUT2D eigenvalue weighted by Gasteiger charge is 2.30. The smallest absolute Gasteiger partial charge is 0.321 e. The maximum Gasteiger partial charge on any atom is 0.321 e. The van der Waals surface area contributed by atoms with Gasteiger partial charge in [-0.2, -0.15) is 0 Å². The minimum Gasteiger partial charge on any atom is -0.480 e. The van der Waals surface area contributed by atoms with Gasteiger partial charge in [0.15, 0.2) is 0 Å². The predicted molar refractivity (Wildman–Crippen MR) is 101 cm³/mol. The molecule has 0 aliphatic heterocycles. The third-order valence-corrected chi connectivity index (χ3v) is 5.23. The van der Waals surface area contributed by atoms with Gasteiger partial charge in [0.2, 0.25) is 0 Å². The first kappa shape index (κ1) is 17.7. The van der Waals surface area contributed by atoms with E-state index in [0.717, 1.165) is 18.4 Å². The number of carboxylic acids is 1. The number of benzene rings is 2. The summed E-state index contributed by atoms with van der Waals surface area (Å²) < 4.78 is 0. The zero-order chi connectivity index (χ0) is 17.6. The maximum atomic E-state index is 11.7. The number of carbonyl (C=O) groups is 1. The lowest BCUT2D eigenvalue weighted by molar-refractivity contribution is -0.139. The molecule has 3 rings (SSSR count). The van der Waals surface area contributed by atoms with Gasteiger partial charge in [-0.15, -0.1) is 0 Å². The van der Waals surface area contributed by atoms with E-state index in [1.54, 1.807) is 0 Å². The van der Waals surface area contributed by atoms with Crippen LogP contribution >= 0.6 is 0 Å². The predicted octanol–water partition coefficient (Wildman–Crippen LogP) is 4.24. The zero-order valence-corrected chi connectivity index (χ0v) is 14.8. The third-order valence-electron chi connectivity index (χ3n) is 5.23. The Morgan fingerprint density at radius 3 is 2.32 bits per heavy atom. The molecule has 3 nitrogen and oxygen atoms in total. The first-order valence-electron chi connectivity index (χ1n) is 9.19. The molecule has 1 fully saturated rings. The van der Waals surface area contributed by atoms with Gasteiger partial charge in [-0.3, -0.25) is 4.79 Å². The Bertz CT molecular complexity index is 671. The van der Waals surface area contributed by atoms with E-state index >= 15 is 0 Å². The fourth-order valence-corrected chi connectivity index (χ4v) is 4.09. The van der Waals surface area contributed by atoms with Crippen LogP contribution in [0.2, 0.25) is 0 Å². The van der Waals surface area contributed by atoms with E-state index < -0.39 is 12.0 Å². The molecule has 0 saturated heterocycles. The molecule has 1 saturated carbocycles. The van der Waals surface area contributed by atoms with Gasteiger partial charge in [0, 0.05) is 6.04 Å². The Morgan fingerprint density at radius 2 is 1.68 bits per heavy atom. The number of aliphatic carboxylic acids is 1. The van der Waals surface area contributed by atoms with Crippen molar-refractivity contribution in [2.24, 2.45) is 5.92 Å². The van der Waals surface area contributed by atoms with Crippen LogP contribution in [-0.4, -0.2) is 23.2 Å². The number of carboxylic acid groups (broad SMARTS) is 1. The summed E-state index contributed by atoms with van der Waals surface area (Å²) in [7, 11) is 0. The number of rotatable bonds is 6. The van der Waals surface area contributed by atoms with Gasteiger partial charge < -0.3 is 10.4 Å². The highest BCUT2D eigenvalue weighted by atomic mass is 16.4. The molecular formula is C22H27NO2. The van der Waals surface area contributed by atoms with Crippen molar-refractivity contribution in [3.63, 3.8) is 0 Å². The lowest BCUT2D eigenvalue weighted by Crippen LogP contribution is -2.47. The largest absolute Gasteiger partial charge is 0.480 e. The molecule has 2 aromatic carbocycles. The number of hydrogen-bond acceptors (Lipinski definition) is 2. The summed E-state index contributed by atoms with van der Waals surface area (Å²) in [6, 6.07) is 20.2. The Morgan fingerprint density at radius 1 is 1.04 bits per heavy atom.